The number of aromatic nitrogens is 2. The quantitative estimate of drug-likeness (QED) is 0.376. The van der Waals surface area contributed by atoms with Crippen LogP contribution in [-0.4, -0.2) is 16.1 Å². The summed E-state index contributed by atoms with van der Waals surface area (Å²) in [7, 11) is 0. The van der Waals surface area contributed by atoms with Gasteiger partial charge < -0.3 is 11.1 Å². The maximum atomic E-state index is 13.4. The molecule has 0 unspecified atom stereocenters. The van der Waals surface area contributed by atoms with Crippen molar-refractivity contribution in [1.82, 2.24) is 10.2 Å². The van der Waals surface area contributed by atoms with E-state index in [1.165, 1.54) is 12.1 Å². The van der Waals surface area contributed by atoms with Crippen LogP contribution in [0, 0.1) is 11.6 Å². The highest BCUT2D eigenvalue weighted by Crippen LogP contribution is 2.25. The molecule has 4 rings (SSSR count). The van der Waals surface area contributed by atoms with Gasteiger partial charge in [-0.1, -0.05) is 22.0 Å². The molecule has 0 saturated heterocycles. The summed E-state index contributed by atoms with van der Waals surface area (Å²) in [6.45, 7) is 0. The molecule has 4 N–H and O–H groups in total. The van der Waals surface area contributed by atoms with Crippen molar-refractivity contribution < 1.29 is 13.6 Å². The molecular weight excluding hydrogens is 442 g/mol. The Morgan fingerprint density at radius 1 is 1.03 bits per heavy atom. The Bertz CT molecular complexity index is 1220. The number of nitrogens with one attached hydrogen (secondary N) is 2. The van der Waals surface area contributed by atoms with Crippen LogP contribution in [-0.2, 0) is 6.42 Å². The highest BCUT2D eigenvalue weighted by atomic mass is 79.9. The first-order valence-corrected chi connectivity index (χ1v) is 9.47. The number of amides is 1. The van der Waals surface area contributed by atoms with Gasteiger partial charge in [-0.2, -0.15) is 5.10 Å². The molecule has 0 aliphatic heterocycles. The van der Waals surface area contributed by atoms with E-state index >= 15 is 0 Å². The van der Waals surface area contributed by atoms with Gasteiger partial charge in [0, 0.05) is 21.6 Å². The van der Waals surface area contributed by atoms with Crippen molar-refractivity contribution in [2.45, 2.75) is 6.42 Å². The molecule has 1 aromatic heterocycles. The minimum absolute atomic E-state index is 0.329. The highest BCUT2D eigenvalue weighted by molar-refractivity contribution is 9.10. The smallest absolute Gasteiger partial charge is 0.258 e. The van der Waals surface area contributed by atoms with Crippen LogP contribution < -0.4 is 11.1 Å². The molecule has 146 valence electrons. The highest BCUT2D eigenvalue weighted by Gasteiger charge is 2.14. The van der Waals surface area contributed by atoms with Gasteiger partial charge in [-0.25, -0.2) is 8.78 Å². The number of rotatable bonds is 4. The van der Waals surface area contributed by atoms with Gasteiger partial charge >= 0.3 is 0 Å². The number of carbonyl (C=O) groups is 1. The van der Waals surface area contributed by atoms with Crippen molar-refractivity contribution >= 4 is 44.2 Å². The predicted molar refractivity (Wildman–Crippen MR) is 112 cm³/mol. The number of anilines is 2. The molecule has 0 bridgehead atoms. The van der Waals surface area contributed by atoms with E-state index in [0.29, 0.717) is 34.4 Å². The van der Waals surface area contributed by atoms with Crippen molar-refractivity contribution in [1.29, 1.82) is 0 Å². The molecule has 0 fully saturated rings. The van der Waals surface area contributed by atoms with Crippen LogP contribution in [0.25, 0.3) is 10.9 Å². The summed E-state index contributed by atoms with van der Waals surface area (Å²) in [5.41, 5.74) is 8.64. The lowest BCUT2D eigenvalue weighted by Gasteiger charge is -2.07. The molecule has 3 aromatic carbocycles. The zero-order valence-corrected chi connectivity index (χ0v) is 16.6. The number of nitrogens with two attached hydrogens (primary N) is 1. The summed E-state index contributed by atoms with van der Waals surface area (Å²) in [5.74, 6) is -1.28. The fraction of sp³-hybridized carbons (Fsp3) is 0.0476. The molecule has 1 heterocycles. The van der Waals surface area contributed by atoms with Gasteiger partial charge in [0.2, 0.25) is 0 Å². The van der Waals surface area contributed by atoms with E-state index in [0.717, 1.165) is 21.6 Å². The Hall–Kier alpha value is -3.26. The van der Waals surface area contributed by atoms with Crippen LogP contribution in [0.3, 0.4) is 0 Å². The Morgan fingerprint density at radius 2 is 1.79 bits per heavy atom. The molecule has 8 heteroatoms. The SMILES string of the molecule is Nc1cc(Br)ccc1C(=O)Nc1n[nH]c2ccc(Cc3cc(F)cc(F)c3)cc12. The predicted octanol–water partition coefficient (Wildman–Crippen LogP) is 5.03. The number of nitrogens with zero attached hydrogens (tertiary/aromatic N) is 1. The average Bonchev–Trinajstić information content (AvgIpc) is 3.03. The van der Waals surface area contributed by atoms with Gasteiger partial charge in [0.05, 0.1) is 11.1 Å². The molecule has 0 saturated carbocycles. The van der Waals surface area contributed by atoms with Gasteiger partial charge in [-0.3, -0.25) is 9.89 Å². The Kier molecular flexibility index (Phi) is 5.02. The number of fused-ring (bicyclic) bond motifs is 1. The number of H-pyrrole nitrogens is 1. The van der Waals surface area contributed by atoms with Gasteiger partial charge in [0.1, 0.15) is 11.6 Å². The summed E-state index contributed by atoms with van der Waals surface area (Å²) in [4.78, 5) is 12.6. The lowest BCUT2D eigenvalue weighted by atomic mass is 10.0. The zero-order chi connectivity index (χ0) is 20.5. The van der Waals surface area contributed by atoms with E-state index in [1.807, 2.05) is 12.1 Å². The maximum Gasteiger partial charge on any atom is 0.258 e. The van der Waals surface area contributed by atoms with E-state index in [-0.39, 0.29) is 5.91 Å². The van der Waals surface area contributed by atoms with E-state index in [2.05, 4.69) is 31.4 Å². The molecule has 0 atom stereocenters. The zero-order valence-electron chi connectivity index (χ0n) is 15.0. The van der Waals surface area contributed by atoms with Crippen LogP contribution >= 0.6 is 15.9 Å². The second kappa shape index (κ2) is 7.63. The Balaban J connectivity index is 1.62. The summed E-state index contributed by atoms with van der Waals surface area (Å²) in [5, 5.41) is 10.4. The lowest BCUT2D eigenvalue weighted by molar-refractivity contribution is 0.102. The average molecular weight is 457 g/mol. The summed E-state index contributed by atoms with van der Waals surface area (Å²) in [6.07, 6.45) is 0.336. The summed E-state index contributed by atoms with van der Waals surface area (Å²) in [6, 6.07) is 13.9. The molecule has 0 spiro atoms. The second-order valence-electron chi connectivity index (χ2n) is 6.59. The summed E-state index contributed by atoms with van der Waals surface area (Å²) >= 11 is 3.31. The molecular formula is C21H15BrF2N4O. The van der Waals surface area contributed by atoms with Crippen molar-refractivity contribution in [2.75, 3.05) is 11.1 Å². The molecule has 0 radical (unpaired) electrons. The molecule has 29 heavy (non-hydrogen) atoms. The standard InChI is InChI=1S/C21H15BrF2N4O/c22-13-2-3-16(18(25)9-13)21(29)26-20-17-8-11(1-4-19(17)27-28-20)5-12-6-14(23)10-15(24)7-12/h1-4,6-10H,5,25H2,(H2,26,27,28,29). The molecule has 0 aliphatic rings. The van der Waals surface area contributed by atoms with E-state index in [4.69, 9.17) is 5.73 Å². The fourth-order valence-corrected chi connectivity index (χ4v) is 3.51. The maximum absolute atomic E-state index is 13.4. The van der Waals surface area contributed by atoms with Crippen LogP contribution in [0.4, 0.5) is 20.3 Å². The first-order valence-electron chi connectivity index (χ1n) is 8.67. The minimum atomic E-state index is -0.621. The third-order valence-electron chi connectivity index (χ3n) is 4.45. The van der Waals surface area contributed by atoms with Gasteiger partial charge in [-0.05, 0) is 60.0 Å². The van der Waals surface area contributed by atoms with Crippen molar-refractivity contribution in [3.8, 4) is 0 Å². The van der Waals surface area contributed by atoms with Crippen LogP contribution in [0.2, 0.25) is 0 Å². The fourth-order valence-electron chi connectivity index (χ4n) is 3.13. The minimum Gasteiger partial charge on any atom is -0.398 e. The van der Waals surface area contributed by atoms with Crippen molar-refractivity contribution in [2.24, 2.45) is 0 Å². The lowest BCUT2D eigenvalue weighted by Crippen LogP contribution is -2.14. The Morgan fingerprint density at radius 3 is 2.52 bits per heavy atom. The first kappa shape index (κ1) is 19.1. The molecule has 5 nitrogen and oxygen atoms in total. The number of carbonyl (C=O) groups excluding carboxylic acids is 1. The molecule has 0 aliphatic carbocycles. The third kappa shape index (κ3) is 4.12. The topological polar surface area (TPSA) is 83.8 Å². The summed E-state index contributed by atoms with van der Waals surface area (Å²) < 4.78 is 27.7. The normalized spacial score (nSPS) is 11.0. The number of nitrogen functional groups attached to an aromatic ring is 1. The van der Waals surface area contributed by atoms with Crippen LogP contribution in [0.1, 0.15) is 21.5 Å². The van der Waals surface area contributed by atoms with Gasteiger partial charge in [-0.15, -0.1) is 0 Å². The molecule has 1 amide bonds. The first-order chi connectivity index (χ1) is 13.9. The van der Waals surface area contributed by atoms with Gasteiger partial charge in [0.25, 0.3) is 5.91 Å². The number of hydrogen-bond donors (Lipinski definition) is 3. The van der Waals surface area contributed by atoms with E-state index in [9.17, 15) is 13.6 Å². The van der Waals surface area contributed by atoms with Crippen molar-refractivity contribution in [3.05, 3.63) is 87.4 Å². The number of benzene rings is 3. The number of hydrogen-bond acceptors (Lipinski definition) is 3. The van der Waals surface area contributed by atoms with Crippen LogP contribution in [0.5, 0.6) is 0 Å². The number of aromatic amines is 1. The monoisotopic (exact) mass is 456 g/mol. The second-order valence-corrected chi connectivity index (χ2v) is 7.51. The van der Waals surface area contributed by atoms with Gasteiger partial charge in [0.15, 0.2) is 5.82 Å². The van der Waals surface area contributed by atoms with Crippen LogP contribution in [0.15, 0.2) is 59.1 Å². The Labute approximate surface area is 173 Å². The largest absolute Gasteiger partial charge is 0.398 e. The van der Waals surface area contributed by atoms with E-state index in [1.54, 1.807) is 24.3 Å². The number of halogens is 3. The third-order valence-corrected chi connectivity index (χ3v) is 4.94. The molecule has 4 aromatic rings. The van der Waals surface area contributed by atoms with Crippen molar-refractivity contribution in [3.63, 3.8) is 0 Å². The van der Waals surface area contributed by atoms with E-state index < -0.39 is 11.6 Å².